The van der Waals surface area contributed by atoms with Gasteiger partial charge in [0.05, 0.1) is 30.3 Å². The number of hydrogen-bond acceptors (Lipinski definition) is 8. The first-order valence-electron chi connectivity index (χ1n) is 12.3. The summed E-state index contributed by atoms with van der Waals surface area (Å²) in [7, 11) is 3.38. The zero-order chi connectivity index (χ0) is 28.7. The zero-order valence-corrected chi connectivity index (χ0v) is 22.2. The van der Waals surface area contributed by atoms with Gasteiger partial charge in [-0.25, -0.2) is 19.3 Å². The Balaban J connectivity index is 0.000000681. The second-order valence-electron chi connectivity index (χ2n) is 9.50. The number of imidazole rings is 1. The first kappa shape index (κ1) is 28.3. The summed E-state index contributed by atoms with van der Waals surface area (Å²) in [5, 5.41) is 12.6. The Bertz CT molecular complexity index is 1440. The monoisotopic (exact) mass is 548 g/mol. The van der Waals surface area contributed by atoms with Gasteiger partial charge in [-0.1, -0.05) is 18.2 Å². The number of ether oxygens (including phenoxy) is 2. The molecule has 1 amide bonds. The fraction of sp³-hybridized carbons (Fsp3) is 0.250. The van der Waals surface area contributed by atoms with E-state index in [9.17, 15) is 19.1 Å². The van der Waals surface area contributed by atoms with Gasteiger partial charge in [-0.2, -0.15) is 0 Å². The number of carboxylic acids is 1. The van der Waals surface area contributed by atoms with E-state index < -0.39 is 17.7 Å². The molecule has 11 nitrogen and oxygen atoms in total. The molecule has 40 heavy (non-hydrogen) atoms. The third-order valence-corrected chi connectivity index (χ3v) is 5.84. The van der Waals surface area contributed by atoms with Crippen LogP contribution in [0.15, 0.2) is 66.9 Å². The van der Waals surface area contributed by atoms with Crippen molar-refractivity contribution < 1.29 is 28.6 Å². The van der Waals surface area contributed by atoms with Crippen LogP contribution in [0.3, 0.4) is 0 Å². The molecular formula is C28H29FN6O5. The highest BCUT2D eigenvalue weighted by Gasteiger charge is 2.41. The van der Waals surface area contributed by atoms with Crippen LogP contribution in [0.25, 0.3) is 22.6 Å². The number of aromatic amines is 1. The van der Waals surface area contributed by atoms with Crippen molar-refractivity contribution in [3.05, 3.63) is 78.5 Å². The zero-order valence-electron chi connectivity index (χ0n) is 22.2. The molecule has 3 N–H and O–H groups in total. The molecule has 3 heterocycles. The van der Waals surface area contributed by atoms with E-state index in [2.05, 4.69) is 25.3 Å². The van der Waals surface area contributed by atoms with Crippen LogP contribution in [0.2, 0.25) is 0 Å². The molecule has 0 radical (unpaired) electrons. The molecule has 1 saturated heterocycles. The largest absolute Gasteiger partial charge is 0.481 e. The highest BCUT2D eigenvalue weighted by atomic mass is 19.1. The molecule has 208 valence electrons. The molecule has 0 spiro atoms. The van der Waals surface area contributed by atoms with E-state index in [1.807, 2.05) is 30.3 Å². The van der Waals surface area contributed by atoms with Crippen LogP contribution in [0.1, 0.15) is 19.0 Å². The maximum Gasteiger partial charge on any atom is 0.314 e. The molecule has 12 heteroatoms. The molecule has 4 aromatic rings. The van der Waals surface area contributed by atoms with Crippen molar-refractivity contribution in [2.45, 2.75) is 13.2 Å². The van der Waals surface area contributed by atoms with E-state index in [-0.39, 0.29) is 19.0 Å². The summed E-state index contributed by atoms with van der Waals surface area (Å²) in [6, 6.07) is 17.2. The molecule has 1 aliphatic heterocycles. The number of halogens is 1. The average molecular weight is 549 g/mol. The van der Waals surface area contributed by atoms with Crippen LogP contribution in [0, 0.1) is 11.2 Å². The number of H-pyrrole nitrogens is 1. The first-order valence-corrected chi connectivity index (χ1v) is 12.3. The van der Waals surface area contributed by atoms with E-state index in [1.54, 1.807) is 45.4 Å². The lowest BCUT2D eigenvalue weighted by atomic mass is 9.92. The van der Waals surface area contributed by atoms with Crippen molar-refractivity contribution in [3.63, 3.8) is 0 Å². The molecule has 0 aliphatic carbocycles. The number of rotatable bonds is 7. The number of aliphatic carboxylic acids is 1. The van der Waals surface area contributed by atoms with Gasteiger partial charge in [0, 0.05) is 31.5 Å². The Labute approximate surface area is 230 Å². The summed E-state index contributed by atoms with van der Waals surface area (Å²) >= 11 is 0. The number of hydrogen-bond donors (Lipinski definition) is 3. The Kier molecular flexibility index (Phi) is 8.82. The maximum absolute atomic E-state index is 13.6. The number of benzene rings is 2. The number of carbonyl (C=O) groups excluding carboxylic acids is 1. The Morgan fingerprint density at radius 2 is 1.75 bits per heavy atom. The van der Waals surface area contributed by atoms with Crippen LogP contribution in [-0.2, 0) is 19.1 Å². The van der Waals surface area contributed by atoms with Crippen LogP contribution < -0.4 is 5.32 Å². The number of anilines is 2. The predicted molar refractivity (Wildman–Crippen MR) is 145 cm³/mol. The summed E-state index contributed by atoms with van der Waals surface area (Å²) in [6.07, 6.45) is 1.48. The minimum atomic E-state index is -1.14. The Hall–Kier alpha value is -4.68. The van der Waals surface area contributed by atoms with Gasteiger partial charge in [0.15, 0.2) is 5.82 Å². The third kappa shape index (κ3) is 6.84. The summed E-state index contributed by atoms with van der Waals surface area (Å²) in [4.78, 5) is 39.2. The molecule has 0 saturated carbocycles. The average Bonchev–Trinajstić information content (AvgIpc) is 3.40. The minimum absolute atomic E-state index is 0.0342. The maximum atomic E-state index is 13.6. The van der Waals surface area contributed by atoms with Crippen molar-refractivity contribution in [1.29, 1.82) is 0 Å². The van der Waals surface area contributed by atoms with E-state index in [0.29, 0.717) is 34.4 Å². The second kappa shape index (κ2) is 12.5. The number of amides is 1. The second-order valence-corrected chi connectivity index (χ2v) is 9.50. The molecule has 0 atom stereocenters. The highest BCUT2D eigenvalue weighted by molar-refractivity contribution is 5.77. The smallest absolute Gasteiger partial charge is 0.314 e. The van der Waals surface area contributed by atoms with E-state index in [0.717, 1.165) is 12.1 Å². The number of aromatic nitrogens is 4. The number of nitrogens with zero attached hydrogens (tertiary/aromatic N) is 4. The van der Waals surface area contributed by atoms with Crippen molar-refractivity contribution in [1.82, 2.24) is 24.8 Å². The van der Waals surface area contributed by atoms with Crippen LogP contribution >= 0.6 is 0 Å². The van der Waals surface area contributed by atoms with Gasteiger partial charge in [0.25, 0.3) is 0 Å². The molecule has 1 aliphatic rings. The molecular weight excluding hydrogens is 519 g/mol. The summed E-state index contributed by atoms with van der Waals surface area (Å²) in [5.74, 6) is -0.628. The van der Waals surface area contributed by atoms with Gasteiger partial charge in [0.1, 0.15) is 11.2 Å². The van der Waals surface area contributed by atoms with E-state index >= 15 is 0 Å². The molecule has 5 rings (SSSR count). The van der Waals surface area contributed by atoms with Crippen molar-refractivity contribution in [2.24, 2.45) is 5.41 Å². The fourth-order valence-corrected chi connectivity index (χ4v) is 3.60. The van der Waals surface area contributed by atoms with Gasteiger partial charge in [-0.3, -0.25) is 9.59 Å². The lowest BCUT2D eigenvalue weighted by Gasteiger charge is -2.33. The number of carboxylic acid groups (broad SMARTS) is 1. The summed E-state index contributed by atoms with van der Waals surface area (Å²) in [6.45, 7) is 1.49. The molecule has 2 aromatic heterocycles. The van der Waals surface area contributed by atoms with Gasteiger partial charge in [-0.15, -0.1) is 0 Å². The van der Waals surface area contributed by atoms with Crippen LogP contribution in [0.5, 0.6) is 0 Å². The normalized spacial score (nSPS) is 18.2. The topological polar surface area (TPSA) is 143 Å². The lowest BCUT2D eigenvalue weighted by Crippen LogP contribution is -2.42. The highest BCUT2D eigenvalue weighted by Crippen LogP contribution is 2.35. The third-order valence-electron chi connectivity index (χ3n) is 5.84. The van der Waals surface area contributed by atoms with Crippen molar-refractivity contribution >= 4 is 24.0 Å². The van der Waals surface area contributed by atoms with Gasteiger partial charge in [0.2, 0.25) is 18.6 Å². The quantitative estimate of drug-likeness (QED) is 0.289. The van der Waals surface area contributed by atoms with E-state index in [4.69, 9.17) is 9.47 Å². The molecule has 1 fully saturated rings. The van der Waals surface area contributed by atoms with Crippen LogP contribution in [-0.4, -0.2) is 69.6 Å². The summed E-state index contributed by atoms with van der Waals surface area (Å²) < 4.78 is 25.0. The van der Waals surface area contributed by atoms with Crippen LogP contribution in [0.4, 0.5) is 16.0 Å². The van der Waals surface area contributed by atoms with Gasteiger partial charge in [-0.05, 0) is 49.4 Å². The summed E-state index contributed by atoms with van der Waals surface area (Å²) in [5.41, 5.74) is 1.97. The molecule has 2 aromatic carbocycles. The number of para-hydroxylation sites is 1. The first-order chi connectivity index (χ1) is 19.2. The van der Waals surface area contributed by atoms with E-state index in [1.165, 1.54) is 17.0 Å². The SMILES string of the molecule is CC1(C(=O)O)COC(c2nc(-c3ccc(F)cc3)c(-c3ccnc(Nc4ccccc4)n3)[nH]2)OC1.CN(C)C=O. The standard InChI is InChI=1S/C25H22FN5O4.C3H7NO/c1-25(23(32)33)13-34-22(35-14-25)21-30-19(15-7-9-16(26)10-8-15)20(31-21)18-11-12-27-24(29-18)28-17-5-3-2-4-6-17;1-4(2)3-5/h2-12,22H,13-14H2,1H3,(H,30,31)(H,32,33)(H,27,28,29);3H,1-2H3. The minimum Gasteiger partial charge on any atom is -0.481 e. The van der Waals surface area contributed by atoms with Gasteiger partial charge < -0.3 is 29.8 Å². The van der Waals surface area contributed by atoms with Crippen molar-refractivity contribution in [2.75, 3.05) is 32.6 Å². The Morgan fingerprint density at radius 3 is 2.35 bits per heavy atom. The lowest BCUT2D eigenvalue weighted by molar-refractivity contribution is -0.236. The fourth-order valence-electron chi connectivity index (χ4n) is 3.60. The molecule has 0 bridgehead atoms. The Morgan fingerprint density at radius 1 is 1.10 bits per heavy atom. The number of nitrogens with one attached hydrogen (secondary N) is 2. The van der Waals surface area contributed by atoms with Crippen molar-refractivity contribution in [3.8, 4) is 22.6 Å². The molecule has 0 unspecified atom stereocenters. The predicted octanol–water partition coefficient (Wildman–Crippen LogP) is 4.26. The van der Waals surface area contributed by atoms with Gasteiger partial charge >= 0.3 is 5.97 Å². The number of carbonyl (C=O) groups is 2.